The van der Waals surface area contributed by atoms with Gasteiger partial charge in [0.2, 0.25) is 0 Å². The van der Waals surface area contributed by atoms with Crippen molar-refractivity contribution in [1.29, 1.82) is 0 Å². The Labute approximate surface area is 143 Å². The Morgan fingerprint density at radius 2 is 1.75 bits per heavy atom. The summed E-state index contributed by atoms with van der Waals surface area (Å²) < 4.78 is 5.25. The van der Waals surface area contributed by atoms with Crippen molar-refractivity contribution < 1.29 is 4.74 Å². The Bertz CT molecular complexity index is 706. The van der Waals surface area contributed by atoms with Gasteiger partial charge in [0, 0.05) is 22.9 Å². The van der Waals surface area contributed by atoms with Gasteiger partial charge in [-0.05, 0) is 56.4 Å². The Kier molecular flexibility index (Phi) is 4.37. The number of ether oxygens (including phenoxy) is 1. The number of aromatic nitrogens is 2. The van der Waals surface area contributed by atoms with Crippen molar-refractivity contribution in [3.05, 3.63) is 35.5 Å². The molecule has 2 aliphatic carbocycles. The second-order valence-corrected chi connectivity index (χ2v) is 6.88. The number of fused-ring (bicyclic) bond motifs is 1. The molecule has 1 heterocycles. The van der Waals surface area contributed by atoms with Crippen molar-refractivity contribution in [3.63, 3.8) is 0 Å². The predicted molar refractivity (Wildman–Crippen MR) is 96.5 cm³/mol. The highest BCUT2D eigenvalue weighted by Gasteiger charge is 2.22. The van der Waals surface area contributed by atoms with Crippen molar-refractivity contribution in [1.82, 2.24) is 9.97 Å². The van der Waals surface area contributed by atoms with Gasteiger partial charge in [-0.25, -0.2) is 9.97 Å². The number of aryl methyl sites for hydroxylation is 1. The topological polar surface area (TPSA) is 47.0 Å². The summed E-state index contributed by atoms with van der Waals surface area (Å²) in [6.07, 6.45) is 9.92. The van der Waals surface area contributed by atoms with E-state index in [1.807, 2.05) is 24.3 Å². The highest BCUT2D eigenvalue weighted by molar-refractivity contribution is 5.61. The third-order valence-corrected chi connectivity index (χ3v) is 5.23. The molecule has 0 atom stereocenters. The second kappa shape index (κ2) is 6.80. The van der Waals surface area contributed by atoms with Crippen molar-refractivity contribution in [3.8, 4) is 17.1 Å². The molecule has 1 fully saturated rings. The summed E-state index contributed by atoms with van der Waals surface area (Å²) in [4.78, 5) is 9.74. The van der Waals surface area contributed by atoms with Crippen LogP contribution in [-0.2, 0) is 12.8 Å². The summed E-state index contributed by atoms with van der Waals surface area (Å²) in [6.45, 7) is 0. The number of anilines is 1. The van der Waals surface area contributed by atoms with Gasteiger partial charge in [-0.3, -0.25) is 0 Å². The first kappa shape index (κ1) is 15.4. The first-order valence-electron chi connectivity index (χ1n) is 9.14. The molecule has 0 aliphatic heterocycles. The first-order valence-corrected chi connectivity index (χ1v) is 9.14. The minimum Gasteiger partial charge on any atom is -0.497 e. The summed E-state index contributed by atoms with van der Waals surface area (Å²) in [7, 11) is 1.69. The normalized spacial score (nSPS) is 17.5. The molecule has 0 spiro atoms. The highest BCUT2D eigenvalue weighted by Crippen LogP contribution is 2.31. The maximum absolute atomic E-state index is 5.25. The molecule has 0 bridgehead atoms. The zero-order chi connectivity index (χ0) is 16.4. The molecule has 2 aliphatic rings. The van der Waals surface area contributed by atoms with E-state index in [-0.39, 0.29) is 0 Å². The largest absolute Gasteiger partial charge is 0.497 e. The van der Waals surface area contributed by atoms with E-state index in [9.17, 15) is 0 Å². The van der Waals surface area contributed by atoms with Gasteiger partial charge in [0.15, 0.2) is 5.82 Å². The van der Waals surface area contributed by atoms with Crippen LogP contribution >= 0.6 is 0 Å². The predicted octanol–water partition coefficient (Wildman–Crippen LogP) is 4.39. The molecule has 4 heteroatoms. The van der Waals surface area contributed by atoms with E-state index >= 15 is 0 Å². The molecule has 4 nitrogen and oxygen atoms in total. The molecule has 2 aromatic rings. The van der Waals surface area contributed by atoms with Gasteiger partial charge in [0.25, 0.3) is 0 Å². The fourth-order valence-electron chi connectivity index (χ4n) is 3.86. The van der Waals surface area contributed by atoms with Gasteiger partial charge in [-0.2, -0.15) is 0 Å². The summed E-state index contributed by atoms with van der Waals surface area (Å²) in [6, 6.07) is 8.60. The molecule has 0 unspecified atom stereocenters. The standard InChI is InChI=1S/C20H25N3O/c1-24-16-12-10-14(11-13-16)19-22-18-9-5-8-17(18)20(23-19)21-15-6-3-2-4-7-15/h10-13,15H,2-9H2,1H3,(H,21,22,23). The second-order valence-electron chi connectivity index (χ2n) is 6.88. The van der Waals surface area contributed by atoms with Gasteiger partial charge in [-0.1, -0.05) is 19.3 Å². The Hall–Kier alpha value is -2.10. The highest BCUT2D eigenvalue weighted by atomic mass is 16.5. The van der Waals surface area contributed by atoms with Gasteiger partial charge < -0.3 is 10.1 Å². The van der Waals surface area contributed by atoms with Crippen LogP contribution < -0.4 is 10.1 Å². The molecule has 4 rings (SSSR count). The number of nitrogens with one attached hydrogen (secondary N) is 1. The van der Waals surface area contributed by atoms with Crippen LogP contribution in [0.3, 0.4) is 0 Å². The maximum Gasteiger partial charge on any atom is 0.161 e. The number of hydrogen-bond donors (Lipinski definition) is 1. The van der Waals surface area contributed by atoms with Crippen molar-refractivity contribution in [2.24, 2.45) is 0 Å². The SMILES string of the molecule is COc1ccc(-c2nc3c(c(NC4CCCCC4)n2)CCC3)cc1. The minimum atomic E-state index is 0.571. The monoisotopic (exact) mass is 323 g/mol. The van der Waals surface area contributed by atoms with E-state index in [0.717, 1.165) is 35.8 Å². The van der Waals surface area contributed by atoms with Gasteiger partial charge in [-0.15, -0.1) is 0 Å². The van der Waals surface area contributed by atoms with Crippen molar-refractivity contribution in [2.45, 2.75) is 57.4 Å². The average molecular weight is 323 g/mol. The molecule has 1 aromatic heterocycles. The van der Waals surface area contributed by atoms with Crippen LogP contribution in [0.5, 0.6) is 5.75 Å². The molecule has 1 N–H and O–H groups in total. The van der Waals surface area contributed by atoms with Crippen LogP contribution in [0.2, 0.25) is 0 Å². The third kappa shape index (κ3) is 3.10. The van der Waals surface area contributed by atoms with Crippen LogP contribution in [0.1, 0.15) is 49.8 Å². The minimum absolute atomic E-state index is 0.571. The molecule has 0 radical (unpaired) electrons. The number of nitrogens with zero attached hydrogens (tertiary/aromatic N) is 2. The van der Waals surface area contributed by atoms with E-state index < -0.39 is 0 Å². The molecule has 1 aromatic carbocycles. The smallest absolute Gasteiger partial charge is 0.161 e. The number of benzene rings is 1. The van der Waals surface area contributed by atoms with E-state index in [2.05, 4.69) is 5.32 Å². The summed E-state index contributed by atoms with van der Waals surface area (Å²) in [5.41, 5.74) is 3.63. The van der Waals surface area contributed by atoms with Crippen molar-refractivity contribution in [2.75, 3.05) is 12.4 Å². The Balaban J connectivity index is 1.66. The average Bonchev–Trinajstić information content (AvgIpc) is 3.11. The first-order chi connectivity index (χ1) is 11.8. The van der Waals surface area contributed by atoms with Crippen LogP contribution in [0.15, 0.2) is 24.3 Å². The van der Waals surface area contributed by atoms with E-state index in [4.69, 9.17) is 14.7 Å². The Morgan fingerprint density at radius 3 is 2.50 bits per heavy atom. The number of hydrogen-bond acceptors (Lipinski definition) is 4. The van der Waals surface area contributed by atoms with Crippen LogP contribution in [-0.4, -0.2) is 23.1 Å². The van der Waals surface area contributed by atoms with E-state index in [0.29, 0.717) is 6.04 Å². The quantitative estimate of drug-likeness (QED) is 0.907. The van der Waals surface area contributed by atoms with Crippen LogP contribution in [0.25, 0.3) is 11.4 Å². The molecular weight excluding hydrogens is 298 g/mol. The van der Waals surface area contributed by atoms with Crippen LogP contribution in [0, 0.1) is 0 Å². The van der Waals surface area contributed by atoms with E-state index in [1.54, 1.807) is 7.11 Å². The van der Waals surface area contributed by atoms with Gasteiger partial charge >= 0.3 is 0 Å². The van der Waals surface area contributed by atoms with Crippen molar-refractivity contribution >= 4 is 5.82 Å². The molecular formula is C20H25N3O. The zero-order valence-electron chi connectivity index (χ0n) is 14.3. The fraction of sp³-hybridized carbons (Fsp3) is 0.500. The zero-order valence-corrected chi connectivity index (χ0v) is 14.3. The number of rotatable bonds is 4. The summed E-state index contributed by atoms with van der Waals surface area (Å²) in [5, 5.41) is 3.74. The van der Waals surface area contributed by atoms with Gasteiger partial charge in [0.1, 0.15) is 11.6 Å². The van der Waals surface area contributed by atoms with Gasteiger partial charge in [0.05, 0.1) is 7.11 Å². The lowest BCUT2D eigenvalue weighted by atomic mass is 9.95. The lowest BCUT2D eigenvalue weighted by molar-refractivity contribution is 0.415. The Morgan fingerprint density at radius 1 is 0.958 bits per heavy atom. The van der Waals surface area contributed by atoms with Crippen LogP contribution in [0.4, 0.5) is 5.82 Å². The molecule has 0 amide bonds. The van der Waals surface area contributed by atoms with E-state index in [1.165, 1.54) is 49.8 Å². The number of methoxy groups -OCH3 is 1. The fourth-order valence-corrected chi connectivity index (χ4v) is 3.86. The maximum atomic E-state index is 5.25. The molecule has 126 valence electrons. The summed E-state index contributed by atoms with van der Waals surface area (Å²) >= 11 is 0. The summed E-state index contributed by atoms with van der Waals surface area (Å²) in [5.74, 6) is 2.77. The third-order valence-electron chi connectivity index (χ3n) is 5.23. The molecule has 24 heavy (non-hydrogen) atoms. The molecule has 1 saturated carbocycles. The lowest BCUT2D eigenvalue weighted by Gasteiger charge is -2.24. The lowest BCUT2D eigenvalue weighted by Crippen LogP contribution is -2.24. The molecule has 0 saturated heterocycles.